The van der Waals surface area contributed by atoms with Crippen LogP contribution in [0.4, 0.5) is 0 Å². The maximum absolute atomic E-state index is 14.8. The molecule has 0 bridgehead atoms. The summed E-state index contributed by atoms with van der Waals surface area (Å²) in [5, 5.41) is 12.5. The molecule has 10 heteroatoms. The smallest absolute Gasteiger partial charge is 0.254 e. The van der Waals surface area contributed by atoms with Gasteiger partial charge in [-0.1, -0.05) is 80.6 Å². The van der Waals surface area contributed by atoms with E-state index in [9.17, 15) is 24.4 Å². The number of nitrogens with one attached hydrogen (secondary N) is 1. The molecule has 50 heavy (non-hydrogen) atoms. The highest BCUT2D eigenvalue weighted by Crippen LogP contribution is 2.38. The predicted octanol–water partition coefficient (Wildman–Crippen LogP) is 4.52. The molecule has 3 aliphatic heterocycles. The van der Waals surface area contributed by atoms with Crippen LogP contribution in [0.1, 0.15) is 82.7 Å². The summed E-state index contributed by atoms with van der Waals surface area (Å²) in [6.07, 6.45) is 6.25. The third kappa shape index (κ3) is 6.88. The van der Waals surface area contributed by atoms with E-state index >= 15 is 0 Å². The van der Waals surface area contributed by atoms with E-state index in [4.69, 9.17) is 4.74 Å². The molecule has 1 N–H and O–H groups in total. The quantitative estimate of drug-likeness (QED) is 0.375. The lowest BCUT2D eigenvalue weighted by Gasteiger charge is -2.50. The van der Waals surface area contributed by atoms with Gasteiger partial charge in [-0.15, -0.1) is 0 Å². The SMILES string of the molecule is N#Cc1ccc(C(C(=O)NCc2ccc(C(=O)N3CCOCC3)cc2)N2C(=O)[C@@H]3Cc4ccccc4CN3C(=O)[C@@H]2CC2CCCCC2)cc1. The van der Waals surface area contributed by atoms with E-state index < -0.39 is 24.0 Å². The van der Waals surface area contributed by atoms with Crippen molar-refractivity contribution in [2.24, 2.45) is 5.92 Å². The molecule has 10 nitrogen and oxygen atoms in total. The average molecular weight is 674 g/mol. The van der Waals surface area contributed by atoms with Gasteiger partial charge in [0.15, 0.2) is 0 Å². The first-order valence-electron chi connectivity index (χ1n) is 17.8. The van der Waals surface area contributed by atoms with Crippen LogP contribution in [0.5, 0.6) is 0 Å². The van der Waals surface area contributed by atoms with Gasteiger partial charge in [0.05, 0.1) is 24.8 Å². The summed E-state index contributed by atoms with van der Waals surface area (Å²) in [6.45, 7) is 2.70. The lowest BCUT2D eigenvalue weighted by molar-refractivity contribution is -0.169. The van der Waals surface area contributed by atoms with Crippen LogP contribution in [-0.4, -0.2) is 76.7 Å². The zero-order valence-electron chi connectivity index (χ0n) is 28.3. The fourth-order valence-electron chi connectivity index (χ4n) is 8.05. The molecule has 1 unspecified atom stereocenters. The van der Waals surface area contributed by atoms with Crippen LogP contribution < -0.4 is 5.32 Å². The number of ether oxygens (including phenoxy) is 1. The molecule has 0 radical (unpaired) electrons. The Kier molecular flexibility index (Phi) is 9.95. The number of fused-ring (bicyclic) bond motifs is 2. The van der Waals surface area contributed by atoms with Gasteiger partial charge in [-0.25, -0.2) is 0 Å². The Bertz CT molecular complexity index is 1770. The number of carbonyl (C=O) groups excluding carboxylic acids is 4. The van der Waals surface area contributed by atoms with E-state index in [-0.39, 0.29) is 30.2 Å². The minimum Gasteiger partial charge on any atom is -0.378 e. The van der Waals surface area contributed by atoms with Crippen molar-refractivity contribution < 1.29 is 23.9 Å². The molecular weight excluding hydrogens is 630 g/mol. The lowest BCUT2D eigenvalue weighted by Crippen LogP contribution is -2.67. The van der Waals surface area contributed by atoms with Crippen molar-refractivity contribution in [3.8, 4) is 6.07 Å². The van der Waals surface area contributed by atoms with Crippen LogP contribution in [0.15, 0.2) is 72.8 Å². The van der Waals surface area contributed by atoms with Crippen molar-refractivity contribution in [2.75, 3.05) is 26.3 Å². The molecule has 7 rings (SSSR count). The molecule has 3 aromatic rings. The van der Waals surface area contributed by atoms with Gasteiger partial charge in [0.25, 0.3) is 5.91 Å². The number of carbonyl (C=O) groups is 4. The standard InChI is InChI=1S/C40H43N5O5/c41-24-28-10-14-30(15-11-28)36(37(46)42-25-29-12-16-31(17-13-29)38(47)43-18-20-50-21-19-43)45-35(22-27-6-2-1-3-7-27)39(48)44-26-33-9-5-4-8-32(33)23-34(44)40(45)49/h4-5,8-17,27,34-36H,1-3,6-7,18-23,25-26H2,(H,42,46)/t34-,35-,36?/m0/s1. The van der Waals surface area contributed by atoms with E-state index in [1.165, 1.54) is 6.42 Å². The van der Waals surface area contributed by atoms with Crippen LogP contribution in [0.2, 0.25) is 0 Å². The van der Waals surface area contributed by atoms with E-state index in [0.717, 1.165) is 42.4 Å². The topological polar surface area (TPSA) is 123 Å². The zero-order valence-corrected chi connectivity index (χ0v) is 28.3. The molecule has 4 aliphatic rings. The summed E-state index contributed by atoms with van der Waals surface area (Å²) in [5.41, 5.74) is 4.44. The molecule has 2 saturated heterocycles. The molecule has 1 saturated carbocycles. The van der Waals surface area contributed by atoms with Gasteiger partial charge in [-0.05, 0) is 58.9 Å². The third-order valence-electron chi connectivity index (χ3n) is 10.8. The summed E-state index contributed by atoms with van der Waals surface area (Å²) in [5.74, 6) is -0.508. The van der Waals surface area contributed by atoms with E-state index in [0.29, 0.717) is 62.4 Å². The number of nitriles is 1. The van der Waals surface area contributed by atoms with Crippen LogP contribution >= 0.6 is 0 Å². The van der Waals surface area contributed by atoms with Crippen molar-refractivity contribution in [2.45, 2.75) is 76.2 Å². The number of morpholine rings is 1. The van der Waals surface area contributed by atoms with Crippen molar-refractivity contribution >= 4 is 23.6 Å². The number of benzene rings is 3. The van der Waals surface area contributed by atoms with Crippen molar-refractivity contribution in [3.63, 3.8) is 0 Å². The number of hydrogen-bond acceptors (Lipinski definition) is 6. The second kappa shape index (κ2) is 14.9. The molecule has 3 atom stereocenters. The average Bonchev–Trinajstić information content (AvgIpc) is 3.17. The van der Waals surface area contributed by atoms with Gasteiger partial charge in [-0.3, -0.25) is 19.2 Å². The molecule has 0 aromatic heterocycles. The van der Waals surface area contributed by atoms with Crippen molar-refractivity contribution in [3.05, 3.63) is 106 Å². The first kappa shape index (κ1) is 33.5. The summed E-state index contributed by atoms with van der Waals surface area (Å²) in [7, 11) is 0. The van der Waals surface area contributed by atoms with Gasteiger partial charge < -0.3 is 24.8 Å². The molecule has 258 valence electrons. The summed E-state index contributed by atoms with van der Waals surface area (Å²) in [6, 6.07) is 21.4. The summed E-state index contributed by atoms with van der Waals surface area (Å²) < 4.78 is 5.37. The first-order valence-corrected chi connectivity index (χ1v) is 17.8. The first-order chi connectivity index (χ1) is 24.4. The molecular formula is C40H43N5O5. The highest BCUT2D eigenvalue weighted by atomic mass is 16.5. The van der Waals surface area contributed by atoms with Crippen LogP contribution in [0.25, 0.3) is 0 Å². The zero-order chi connectivity index (χ0) is 34.6. The second-order valence-electron chi connectivity index (χ2n) is 13.9. The summed E-state index contributed by atoms with van der Waals surface area (Å²) >= 11 is 0. The number of piperazine rings is 1. The van der Waals surface area contributed by atoms with Gasteiger partial charge in [0.1, 0.15) is 18.1 Å². The van der Waals surface area contributed by atoms with Gasteiger partial charge in [0, 0.05) is 38.2 Å². The Morgan fingerprint density at radius 3 is 2.28 bits per heavy atom. The van der Waals surface area contributed by atoms with Crippen LogP contribution in [0.3, 0.4) is 0 Å². The number of amides is 4. The maximum Gasteiger partial charge on any atom is 0.254 e. The predicted molar refractivity (Wildman–Crippen MR) is 185 cm³/mol. The Morgan fingerprint density at radius 1 is 0.880 bits per heavy atom. The molecule has 0 spiro atoms. The van der Waals surface area contributed by atoms with E-state index in [2.05, 4.69) is 11.4 Å². The Hall–Kier alpha value is -5.01. The minimum atomic E-state index is -1.07. The molecule has 1 aliphatic carbocycles. The van der Waals surface area contributed by atoms with Gasteiger partial charge in [-0.2, -0.15) is 5.26 Å². The van der Waals surface area contributed by atoms with Crippen molar-refractivity contribution in [1.82, 2.24) is 20.0 Å². The highest BCUT2D eigenvalue weighted by molar-refractivity contribution is 6.00. The molecule has 3 heterocycles. The van der Waals surface area contributed by atoms with E-state index in [1.54, 1.807) is 51.1 Å². The van der Waals surface area contributed by atoms with Crippen LogP contribution in [0, 0.1) is 17.2 Å². The number of nitrogens with zero attached hydrogens (tertiary/aromatic N) is 4. The van der Waals surface area contributed by atoms with Gasteiger partial charge >= 0.3 is 0 Å². The molecule has 3 fully saturated rings. The molecule has 4 amide bonds. The minimum absolute atomic E-state index is 0.0542. The normalized spacial score (nSPS) is 21.5. The maximum atomic E-state index is 14.8. The Morgan fingerprint density at radius 2 is 1.58 bits per heavy atom. The lowest BCUT2D eigenvalue weighted by atomic mass is 9.81. The van der Waals surface area contributed by atoms with Gasteiger partial charge in [0.2, 0.25) is 17.7 Å². The third-order valence-corrected chi connectivity index (χ3v) is 10.8. The Labute approximate surface area is 293 Å². The highest BCUT2D eigenvalue weighted by Gasteiger charge is 2.51. The number of rotatable bonds is 8. The summed E-state index contributed by atoms with van der Waals surface area (Å²) in [4.78, 5) is 61.8. The van der Waals surface area contributed by atoms with Crippen molar-refractivity contribution in [1.29, 1.82) is 5.26 Å². The fraction of sp³-hybridized carbons (Fsp3) is 0.425. The monoisotopic (exact) mass is 673 g/mol. The fourth-order valence-corrected chi connectivity index (χ4v) is 8.05. The van der Waals surface area contributed by atoms with Crippen LogP contribution in [-0.2, 0) is 38.6 Å². The second-order valence-corrected chi connectivity index (χ2v) is 13.9. The Balaban J connectivity index is 1.18. The number of hydrogen-bond donors (Lipinski definition) is 1. The van der Waals surface area contributed by atoms with E-state index in [1.807, 2.05) is 36.4 Å². The molecule has 3 aromatic carbocycles. The largest absolute Gasteiger partial charge is 0.378 e.